The maximum Gasteiger partial charge on any atom is 0.295 e. The second kappa shape index (κ2) is 9.19. The van der Waals surface area contributed by atoms with E-state index in [-0.39, 0.29) is 18.1 Å². The van der Waals surface area contributed by atoms with Crippen molar-refractivity contribution in [3.05, 3.63) is 63.6 Å². The minimum Gasteiger partial charge on any atom is -0.507 e. The van der Waals surface area contributed by atoms with Crippen molar-refractivity contribution in [3.8, 4) is 11.5 Å². The molecule has 1 N–H and O–H groups in total. The van der Waals surface area contributed by atoms with Crippen molar-refractivity contribution in [1.82, 2.24) is 9.80 Å². The third-order valence-corrected chi connectivity index (χ3v) is 6.95. The van der Waals surface area contributed by atoms with Crippen LogP contribution in [-0.2, 0) is 9.59 Å². The molecule has 2 aromatic carbocycles. The van der Waals surface area contributed by atoms with E-state index in [0.29, 0.717) is 30.2 Å². The van der Waals surface area contributed by atoms with E-state index in [1.54, 1.807) is 23.1 Å². The Morgan fingerprint density at radius 1 is 1.00 bits per heavy atom. The summed E-state index contributed by atoms with van der Waals surface area (Å²) in [6, 6.07) is 11.8. The van der Waals surface area contributed by atoms with E-state index in [1.165, 1.54) is 6.42 Å². The smallest absolute Gasteiger partial charge is 0.295 e. The number of halogens is 1. The SMILES string of the molecule is O=C1C(=O)N(CCN2CCCCC2)C(c2cccc(Br)c2)/C1=C(\O)c1ccc2c(c1)OCO2. The zero-order valence-electron chi connectivity index (χ0n) is 18.1. The lowest BCUT2D eigenvalue weighted by Crippen LogP contribution is -2.39. The van der Waals surface area contributed by atoms with E-state index in [9.17, 15) is 14.7 Å². The molecule has 1 unspecified atom stereocenters. The Balaban J connectivity index is 1.54. The van der Waals surface area contributed by atoms with Crippen LogP contribution in [0.1, 0.15) is 36.4 Å². The van der Waals surface area contributed by atoms with Crippen molar-refractivity contribution in [2.75, 3.05) is 33.0 Å². The molecule has 0 aliphatic carbocycles. The number of ether oxygens (including phenoxy) is 2. The van der Waals surface area contributed by atoms with Crippen molar-refractivity contribution >= 4 is 33.4 Å². The fraction of sp³-hybridized carbons (Fsp3) is 0.360. The molecule has 0 saturated carbocycles. The quantitative estimate of drug-likeness (QED) is 0.369. The topological polar surface area (TPSA) is 79.3 Å². The van der Waals surface area contributed by atoms with E-state index in [1.807, 2.05) is 24.3 Å². The summed E-state index contributed by atoms with van der Waals surface area (Å²) in [6.45, 7) is 3.23. The largest absolute Gasteiger partial charge is 0.507 e. The average molecular weight is 513 g/mol. The summed E-state index contributed by atoms with van der Waals surface area (Å²) in [6.07, 6.45) is 3.53. The van der Waals surface area contributed by atoms with Gasteiger partial charge in [-0.3, -0.25) is 9.59 Å². The summed E-state index contributed by atoms with van der Waals surface area (Å²) >= 11 is 3.49. The number of rotatable bonds is 5. The van der Waals surface area contributed by atoms with E-state index >= 15 is 0 Å². The highest BCUT2D eigenvalue weighted by molar-refractivity contribution is 9.10. The van der Waals surface area contributed by atoms with Crippen molar-refractivity contribution in [1.29, 1.82) is 0 Å². The molecule has 8 heteroatoms. The minimum absolute atomic E-state index is 0.0932. The van der Waals surface area contributed by atoms with Crippen LogP contribution in [0.3, 0.4) is 0 Å². The molecule has 3 aliphatic rings. The number of carbonyl (C=O) groups excluding carboxylic acids is 2. The first-order chi connectivity index (χ1) is 16.0. The van der Waals surface area contributed by atoms with Crippen LogP contribution in [0.5, 0.6) is 11.5 Å². The Hall–Kier alpha value is -2.84. The van der Waals surface area contributed by atoms with Gasteiger partial charge >= 0.3 is 0 Å². The van der Waals surface area contributed by atoms with Crippen LogP contribution in [-0.4, -0.2) is 59.6 Å². The van der Waals surface area contributed by atoms with Gasteiger partial charge in [-0.05, 0) is 61.8 Å². The van der Waals surface area contributed by atoms with E-state index in [4.69, 9.17) is 9.47 Å². The Morgan fingerprint density at radius 2 is 1.79 bits per heavy atom. The molecule has 7 nitrogen and oxygen atoms in total. The standard InChI is InChI=1S/C25H25BrN2O5/c26-18-6-4-5-16(13-18)22-21(23(29)17-7-8-19-20(14-17)33-15-32-19)24(30)25(31)28(22)12-11-27-9-2-1-3-10-27/h4-8,13-14,22,29H,1-3,9-12,15H2/b23-21+. The first-order valence-electron chi connectivity index (χ1n) is 11.2. The van der Waals surface area contributed by atoms with Gasteiger partial charge in [0.25, 0.3) is 11.7 Å². The molecular weight excluding hydrogens is 488 g/mol. The van der Waals surface area contributed by atoms with E-state index < -0.39 is 17.7 Å². The molecular formula is C25H25BrN2O5. The molecule has 172 valence electrons. The predicted octanol–water partition coefficient (Wildman–Crippen LogP) is 4.09. The Kier molecular flexibility index (Phi) is 6.12. The van der Waals surface area contributed by atoms with Crippen LogP contribution in [0.15, 0.2) is 52.5 Å². The molecule has 1 atom stereocenters. The van der Waals surface area contributed by atoms with Crippen LogP contribution in [0.25, 0.3) is 5.76 Å². The summed E-state index contributed by atoms with van der Waals surface area (Å²) in [7, 11) is 0. The Bertz CT molecular complexity index is 1130. The van der Waals surface area contributed by atoms with Gasteiger partial charge in [0.1, 0.15) is 5.76 Å². The third-order valence-electron chi connectivity index (χ3n) is 6.46. The fourth-order valence-corrected chi connectivity index (χ4v) is 5.18. The lowest BCUT2D eigenvalue weighted by Gasteiger charge is -2.31. The lowest BCUT2D eigenvalue weighted by molar-refractivity contribution is -0.140. The number of benzene rings is 2. The van der Waals surface area contributed by atoms with Gasteiger partial charge in [0, 0.05) is 23.1 Å². The summed E-state index contributed by atoms with van der Waals surface area (Å²) in [4.78, 5) is 30.3. The fourth-order valence-electron chi connectivity index (χ4n) is 4.77. The maximum atomic E-state index is 13.2. The van der Waals surface area contributed by atoms with Crippen LogP contribution in [0, 0.1) is 0 Å². The molecule has 0 aromatic heterocycles. The summed E-state index contributed by atoms with van der Waals surface area (Å²) in [5.74, 6) is -0.389. The van der Waals surface area contributed by atoms with Crippen molar-refractivity contribution in [3.63, 3.8) is 0 Å². The van der Waals surface area contributed by atoms with Gasteiger partial charge < -0.3 is 24.4 Å². The molecule has 1 amide bonds. The van der Waals surface area contributed by atoms with Gasteiger partial charge in [0.15, 0.2) is 11.5 Å². The summed E-state index contributed by atoms with van der Waals surface area (Å²) in [5.41, 5.74) is 1.27. The summed E-state index contributed by atoms with van der Waals surface area (Å²) < 4.78 is 11.6. The number of Topliss-reactive ketones (excluding diaryl/α,β-unsaturated/α-hetero) is 1. The second-order valence-corrected chi connectivity index (χ2v) is 9.43. The van der Waals surface area contributed by atoms with Crippen LogP contribution >= 0.6 is 15.9 Å². The number of aliphatic hydroxyl groups excluding tert-OH is 1. The number of aliphatic hydroxyl groups is 1. The number of ketones is 1. The molecule has 2 saturated heterocycles. The van der Waals surface area contributed by atoms with Gasteiger partial charge in [0.05, 0.1) is 11.6 Å². The van der Waals surface area contributed by atoms with Crippen LogP contribution in [0.4, 0.5) is 0 Å². The van der Waals surface area contributed by atoms with E-state index in [0.717, 1.165) is 36.0 Å². The summed E-state index contributed by atoms with van der Waals surface area (Å²) in [5, 5.41) is 11.2. The van der Waals surface area contributed by atoms with Crippen molar-refractivity contribution < 1.29 is 24.2 Å². The third kappa shape index (κ3) is 4.25. The molecule has 0 bridgehead atoms. The highest BCUT2D eigenvalue weighted by atomic mass is 79.9. The van der Waals surface area contributed by atoms with Crippen molar-refractivity contribution in [2.24, 2.45) is 0 Å². The predicted molar refractivity (Wildman–Crippen MR) is 126 cm³/mol. The number of hydrogen-bond acceptors (Lipinski definition) is 6. The van der Waals surface area contributed by atoms with Crippen molar-refractivity contribution in [2.45, 2.75) is 25.3 Å². The van der Waals surface area contributed by atoms with Crippen LogP contribution < -0.4 is 9.47 Å². The number of piperidine rings is 1. The number of carbonyl (C=O) groups is 2. The first kappa shape index (κ1) is 22.0. The Morgan fingerprint density at radius 3 is 2.58 bits per heavy atom. The molecule has 3 aliphatic heterocycles. The molecule has 2 fully saturated rings. The van der Waals surface area contributed by atoms with Gasteiger partial charge in [-0.25, -0.2) is 0 Å². The normalized spacial score (nSPS) is 22.2. The number of likely N-dealkylation sites (tertiary alicyclic amines) is 2. The zero-order chi connectivity index (χ0) is 22.9. The molecule has 33 heavy (non-hydrogen) atoms. The minimum atomic E-state index is -0.672. The highest BCUT2D eigenvalue weighted by Gasteiger charge is 2.46. The van der Waals surface area contributed by atoms with Gasteiger partial charge in [-0.2, -0.15) is 0 Å². The molecule has 5 rings (SSSR count). The zero-order valence-corrected chi connectivity index (χ0v) is 19.7. The monoisotopic (exact) mass is 512 g/mol. The number of hydrogen-bond donors (Lipinski definition) is 1. The van der Waals surface area contributed by atoms with E-state index in [2.05, 4.69) is 20.8 Å². The molecule has 2 aromatic rings. The lowest BCUT2D eigenvalue weighted by atomic mass is 9.95. The van der Waals surface area contributed by atoms with Crippen LogP contribution in [0.2, 0.25) is 0 Å². The first-order valence-corrected chi connectivity index (χ1v) is 12.0. The molecule has 3 heterocycles. The molecule has 0 radical (unpaired) electrons. The second-order valence-electron chi connectivity index (χ2n) is 8.52. The van der Waals surface area contributed by atoms with Gasteiger partial charge in [-0.1, -0.05) is 34.5 Å². The maximum absolute atomic E-state index is 13.2. The molecule has 0 spiro atoms. The highest BCUT2D eigenvalue weighted by Crippen LogP contribution is 2.41. The number of nitrogens with zero attached hydrogens (tertiary/aromatic N) is 2. The van der Waals surface area contributed by atoms with Gasteiger partial charge in [-0.15, -0.1) is 0 Å². The Labute approximate surface area is 200 Å². The number of fused-ring (bicyclic) bond motifs is 1. The average Bonchev–Trinajstić information content (AvgIpc) is 3.40. The van der Waals surface area contributed by atoms with Gasteiger partial charge in [0.2, 0.25) is 6.79 Å². The number of amides is 1.